The number of benzene rings is 2. The molecule has 0 spiro atoms. The lowest BCUT2D eigenvalue weighted by Crippen LogP contribution is -2.13. The molecule has 2 N–H and O–H groups in total. The van der Waals surface area contributed by atoms with E-state index in [2.05, 4.69) is 34.7 Å². The van der Waals surface area contributed by atoms with E-state index in [0.717, 1.165) is 5.56 Å². The average molecular weight is 382 g/mol. The van der Waals surface area contributed by atoms with Gasteiger partial charge in [-0.25, -0.2) is 4.98 Å². The molecule has 0 aliphatic heterocycles. The van der Waals surface area contributed by atoms with E-state index in [1.54, 1.807) is 43.6 Å². The summed E-state index contributed by atoms with van der Waals surface area (Å²) < 4.78 is 5.26. The predicted octanol–water partition coefficient (Wildman–Crippen LogP) is 4.92. The van der Waals surface area contributed by atoms with Gasteiger partial charge in [0.25, 0.3) is 5.91 Å². The van der Waals surface area contributed by atoms with Gasteiger partial charge in [0.1, 0.15) is 11.6 Å². The van der Waals surface area contributed by atoms with Crippen LogP contribution in [0.1, 0.15) is 21.5 Å². The largest absolute Gasteiger partial charge is 0.495 e. The number of carbonyl (C=O) groups is 1. The molecule has 5 nitrogen and oxygen atoms in total. The Labute approximate surface area is 163 Å². The molecule has 0 saturated heterocycles. The van der Waals surface area contributed by atoms with Crippen molar-refractivity contribution >= 4 is 29.0 Å². The zero-order valence-electron chi connectivity index (χ0n) is 15.1. The van der Waals surface area contributed by atoms with E-state index in [1.807, 2.05) is 12.1 Å². The number of amides is 1. The quantitative estimate of drug-likeness (QED) is 0.636. The Kier molecular flexibility index (Phi) is 5.94. The molecule has 3 rings (SSSR count). The maximum atomic E-state index is 12.6. The smallest absolute Gasteiger partial charge is 0.255 e. The van der Waals surface area contributed by atoms with E-state index >= 15 is 0 Å². The van der Waals surface area contributed by atoms with Gasteiger partial charge in [-0.3, -0.25) is 4.79 Å². The van der Waals surface area contributed by atoms with Crippen LogP contribution < -0.4 is 15.4 Å². The van der Waals surface area contributed by atoms with Crippen LogP contribution in [0.3, 0.4) is 0 Å². The van der Waals surface area contributed by atoms with Gasteiger partial charge >= 0.3 is 0 Å². The lowest BCUT2D eigenvalue weighted by atomic mass is 10.1. The van der Waals surface area contributed by atoms with Crippen LogP contribution in [-0.4, -0.2) is 18.0 Å². The van der Waals surface area contributed by atoms with Gasteiger partial charge in [-0.05, 0) is 42.8 Å². The molecule has 3 aromatic rings. The maximum absolute atomic E-state index is 12.6. The summed E-state index contributed by atoms with van der Waals surface area (Å²) in [6.45, 7) is 2.68. The van der Waals surface area contributed by atoms with Crippen molar-refractivity contribution in [1.29, 1.82) is 0 Å². The molecule has 138 valence electrons. The second kappa shape index (κ2) is 8.56. The van der Waals surface area contributed by atoms with Gasteiger partial charge in [0.15, 0.2) is 0 Å². The van der Waals surface area contributed by atoms with Crippen molar-refractivity contribution in [3.63, 3.8) is 0 Å². The third kappa shape index (κ3) is 4.99. The van der Waals surface area contributed by atoms with E-state index in [9.17, 15) is 4.79 Å². The fourth-order valence-corrected chi connectivity index (χ4v) is 2.83. The van der Waals surface area contributed by atoms with Gasteiger partial charge < -0.3 is 15.4 Å². The molecule has 0 unspecified atom stereocenters. The Balaban J connectivity index is 1.71. The molecule has 0 aliphatic rings. The van der Waals surface area contributed by atoms with Crippen molar-refractivity contribution in [2.75, 3.05) is 17.7 Å². The third-order valence-electron chi connectivity index (χ3n) is 3.99. The molecule has 0 radical (unpaired) electrons. The highest BCUT2D eigenvalue weighted by molar-refractivity contribution is 6.31. The van der Waals surface area contributed by atoms with Crippen LogP contribution in [0.2, 0.25) is 5.02 Å². The first kappa shape index (κ1) is 18.7. The van der Waals surface area contributed by atoms with Gasteiger partial charge in [0, 0.05) is 23.3 Å². The summed E-state index contributed by atoms with van der Waals surface area (Å²) in [7, 11) is 1.54. The van der Waals surface area contributed by atoms with Gasteiger partial charge in [0.2, 0.25) is 0 Å². The Morgan fingerprint density at radius 1 is 1.15 bits per heavy atom. The van der Waals surface area contributed by atoms with Crippen molar-refractivity contribution < 1.29 is 9.53 Å². The first-order chi connectivity index (χ1) is 13.0. The van der Waals surface area contributed by atoms with Crippen LogP contribution in [0, 0.1) is 6.92 Å². The Hall–Kier alpha value is -3.05. The number of aryl methyl sites for hydroxylation is 1. The molecule has 1 aromatic heterocycles. The summed E-state index contributed by atoms with van der Waals surface area (Å²) in [5.74, 6) is 0.901. The summed E-state index contributed by atoms with van der Waals surface area (Å²) in [6, 6.07) is 16.6. The highest BCUT2D eigenvalue weighted by Gasteiger charge is 2.11. The van der Waals surface area contributed by atoms with E-state index in [0.29, 0.717) is 34.4 Å². The molecular weight excluding hydrogens is 362 g/mol. The number of hydrogen-bond donors (Lipinski definition) is 2. The number of nitrogens with zero attached hydrogens (tertiary/aromatic N) is 1. The van der Waals surface area contributed by atoms with E-state index < -0.39 is 0 Å². The van der Waals surface area contributed by atoms with Crippen LogP contribution in [-0.2, 0) is 6.54 Å². The minimum absolute atomic E-state index is 0.267. The molecule has 1 amide bonds. The number of carbonyl (C=O) groups excluding carboxylic acids is 1. The standard InChI is InChI=1S/C21H20ClN3O2/c1-14-4-3-5-15(10-14)13-24-20-11-16(8-9-23-20)21(26)25-18-12-17(22)6-7-19(18)27-2/h3-12H,13H2,1-2H3,(H,23,24)(H,25,26). The van der Waals surface area contributed by atoms with Gasteiger partial charge in [0.05, 0.1) is 12.8 Å². The Morgan fingerprint density at radius 3 is 2.78 bits per heavy atom. The maximum Gasteiger partial charge on any atom is 0.255 e. The Bertz CT molecular complexity index is 960. The van der Waals surface area contributed by atoms with Gasteiger partial charge in [-0.1, -0.05) is 41.4 Å². The summed E-state index contributed by atoms with van der Waals surface area (Å²) in [6.07, 6.45) is 1.60. The monoisotopic (exact) mass is 381 g/mol. The first-order valence-corrected chi connectivity index (χ1v) is 8.83. The number of rotatable bonds is 6. The molecule has 0 atom stereocenters. The normalized spacial score (nSPS) is 10.3. The number of anilines is 2. The van der Waals surface area contributed by atoms with Crippen LogP contribution in [0.4, 0.5) is 11.5 Å². The molecule has 0 saturated carbocycles. The molecular formula is C21H20ClN3O2. The number of pyridine rings is 1. The topological polar surface area (TPSA) is 63.2 Å². The first-order valence-electron chi connectivity index (χ1n) is 8.45. The number of hydrogen-bond acceptors (Lipinski definition) is 4. The number of nitrogens with one attached hydrogen (secondary N) is 2. The van der Waals surface area contributed by atoms with Crippen molar-refractivity contribution in [2.45, 2.75) is 13.5 Å². The fourth-order valence-electron chi connectivity index (χ4n) is 2.66. The Morgan fingerprint density at radius 2 is 2.00 bits per heavy atom. The van der Waals surface area contributed by atoms with E-state index in [1.165, 1.54) is 5.56 Å². The molecule has 0 fully saturated rings. The minimum Gasteiger partial charge on any atom is -0.495 e. The van der Waals surface area contributed by atoms with Gasteiger partial charge in [-0.15, -0.1) is 0 Å². The van der Waals surface area contributed by atoms with Crippen LogP contribution >= 0.6 is 11.6 Å². The molecule has 2 aromatic carbocycles. The van der Waals surface area contributed by atoms with Gasteiger partial charge in [-0.2, -0.15) is 0 Å². The van der Waals surface area contributed by atoms with Crippen LogP contribution in [0.25, 0.3) is 0 Å². The number of ether oxygens (including phenoxy) is 1. The van der Waals surface area contributed by atoms with E-state index in [-0.39, 0.29) is 5.91 Å². The highest BCUT2D eigenvalue weighted by Crippen LogP contribution is 2.28. The predicted molar refractivity (Wildman–Crippen MR) is 109 cm³/mol. The third-order valence-corrected chi connectivity index (χ3v) is 4.22. The van der Waals surface area contributed by atoms with Crippen molar-refractivity contribution in [1.82, 2.24) is 4.98 Å². The van der Waals surface area contributed by atoms with Crippen LogP contribution in [0.15, 0.2) is 60.8 Å². The minimum atomic E-state index is -0.267. The molecule has 6 heteroatoms. The van der Waals surface area contributed by atoms with E-state index in [4.69, 9.17) is 16.3 Å². The zero-order valence-corrected chi connectivity index (χ0v) is 15.9. The highest BCUT2D eigenvalue weighted by atomic mass is 35.5. The lowest BCUT2D eigenvalue weighted by Gasteiger charge is -2.11. The lowest BCUT2D eigenvalue weighted by molar-refractivity contribution is 0.102. The molecule has 27 heavy (non-hydrogen) atoms. The van der Waals surface area contributed by atoms with Crippen molar-refractivity contribution in [2.24, 2.45) is 0 Å². The molecule has 0 bridgehead atoms. The molecule has 1 heterocycles. The number of methoxy groups -OCH3 is 1. The summed E-state index contributed by atoms with van der Waals surface area (Å²) in [5.41, 5.74) is 3.35. The second-order valence-corrected chi connectivity index (χ2v) is 6.51. The van der Waals surface area contributed by atoms with Crippen molar-refractivity contribution in [3.8, 4) is 5.75 Å². The fraction of sp³-hybridized carbons (Fsp3) is 0.143. The average Bonchev–Trinajstić information content (AvgIpc) is 2.67. The number of aromatic nitrogens is 1. The molecule has 0 aliphatic carbocycles. The SMILES string of the molecule is COc1ccc(Cl)cc1NC(=O)c1ccnc(NCc2cccc(C)c2)c1. The summed E-state index contributed by atoms with van der Waals surface area (Å²) in [5, 5.41) is 6.58. The summed E-state index contributed by atoms with van der Waals surface area (Å²) >= 11 is 6.01. The van der Waals surface area contributed by atoms with Crippen LogP contribution in [0.5, 0.6) is 5.75 Å². The van der Waals surface area contributed by atoms with Crippen molar-refractivity contribution in [3.05, 3.63) is 82.5 Å². The summed E-state index contributed by atoms with van der Waals surface area (Å²) in [4.78, 5) is 16.9. The number of halogens is 1. The second-order valence-electron chi connectivity index (χ2n) is 6.07. The zero-order chi connectivity index (χ0) is 19.2.